The topological polar surface area (TPSA) is 79.5 Å². The second kappa shape index (κ2) is 6.99. The molecule has 26 heavy (non-hydrogen) atoms. The summed E-state index contributed by atoms with van der Waals surface area (Å²) in [5.74, 6) is -1.80. The molecule has 136 valence electrons. The van der Waals surface area contributed by atoms with Crippen molar-refractivity contribution in [1.82, 2.24) is 0 Å². The largest absolute Gasteiger partial charge is 0.479 e. The van der Waals surface area contributed by atoms with Crippen LogP contribution < -0.4 is 20.7 Å². The Morgan fingerprint density at radius 1 is 1.23 bits per heavy atom. The SMILES string of the molecule is CC(Nc1ccc2c(c1)NC(=O)C(C)O2)C(=O)Nc1ccc(F)cc1F. The Bertz CT molecular complexity index is 873. The van der Waals surface area contributed by atoms with Crippen molar-refractivity contribution >= 4 is 28.9 Å². The number of anilines is 3. The van der Waals surface area contributed by atoms with Crippen LogP contribution in [-0.4, -0.2) is 24.0 Å². The third-order valence-corrected chi connectivity index (χ3v) is 3.88. The summed E-state index contributed by atoms with van der Waals surface area (Å²) in [5, 5.41) is 8.06. The predicted octanol–water partition coefficient (Wildman–Crippen LogP) is 3.12. The fraction of sp³-hybridized carbons (Fsp3) is 0.222. The van der Waals surface area contributed by atoms with Gasteiger partial charge in [-0.25, -0.2) is 8.78 Å². The first-order valence-corrected chi connectivity index (χ1v) is 7.97. The Kier molecular flexibility index (Phi) is 4.75. The standard InChI is InChI=1S/C18H17F2N3O3/c1-9(17(24)22-14-5-3-11(19)7-13(14)20)21-12-4-6-16-15(8-12)23-18(25)10(2)26-16/h3-10,21H,1-2H3,(H,22,24)(H,23,25). The van der Waals surface area contributed by atoms with Crippen LogP contribution >= 0.6 is 0 Å². The third-order valence-electron chi connectivity index (χ3n) is 3.88. The molecule has 3 rings (SSSR count). The maximum atomic E-state index is 13.6. The van der Waals surface area contributed by atoms with Crippen LogP contribution in [0.4, 0.5) is 25.8 Å². The Labute approximate surface area is 148 Å². The van der Waals surface area contributed by atoms with E-state index in [2.05, 4.69) is 16.0 Å². The molecule has 2 unspecified atom stereocenters. The van der Waals surface area contributed by atoms with Crippen LogP contribution in [-0.2, 0) is 9.59 Å². The van der Waals surface area contributed by atoms with Crippen LogP contribution in [0.15, 0.2) is 36.4 Å². The molecule has 1 heterocycles. The van der Waals surface area contributed by atoms with Crippen molar-refractivity contribution in [2.45, 2.75) is 26.0 Å². The lowest BCUT2D eigenvalue weighted by molar-refractivity contribution is -0.122. The molecular weight excluding hydrogens is 344 g/mol. The molecule has 0 bridgehead atoms. The maximum Gasteiger partial charge on any atom is 0.265 e. The van der Waals surface area contributed by atoms with Crippen molar-refractivity contribution in [2.24, 2.45) is 0 Å². The third kappa shape index (κ3) is 3.74. The van der Waals surface area contributed by atoms with E-state index in [0.29, 0.717) is 23.2 Å². The number of hydrogen-bond acceptors (Lipinski definition) is 4. The summed E-state index contributed by atoms with van der Waals surface area (Å²) in [6.45, 7) is 3.23. The van der Waals surface area contributed by atoms with Crippen LogP contribution in [0.25, 0.3) is 0 Å². The lowest BCUT2D eigenvalue weighted by atomic mass is 10.2. The van der Waals surface area contributed by atoms with Gasteiger partial charge < -0.3 is 20.7 Å². The minimum absolute atomic E-state index is 0.106. The van der Waals surface area contributed by atoms with E-state index < -0.39 is 29.7 Å². The van der Waals surface area contributed by atoms with Gasteiger partial charge in [-0.05, 0) is 44.2 Å². The van der Waals surface area contributed by atoms with Gasteiger partial charge in [-0.3, -0.25) is 9.59 Å². The Balaban J connectivity index is 1.68. The molecule has 1 aliphatic rings. The lowest BCUT2D eigenvalue weighted by Crippen LogP contribution is -2.34. The zero-order chi connectivity index (χ0) is 18.8. The van der Waals surface area contributed by atoms with Gasteiger partial charge in [-0.1, -0.05) is 0 Å². The molecule has 0 aromatic heterocycles. The number of rotatable bonds is 4. The van der Waals surface area contributed by atoms with Crippen LogP contribution in [0.3, 0.4) is 0 Å². The normalized spacial score (nSPS) is 16.8. The number of halogens is 2. The fourth-order valence-corrected chi connectivity index (χ4v) is 2.45. The number of benzene rings is 2. The highest BCUT2D eigenvalue weighted by Gasteiger charge is 2.24. The van der Waals surface area contributed by atoms with Crippen molar-refractivity contribution in [3.05, 3.63) is 48.0 Å². The molecule has 0 saturated heterocycles. The zero-order valence-electron chi connectivity index (χ0n) is 14.1. The van der Waals surface area contributed by atoms with E-state index in [0.717, 1.165) is 12.1 Å². The van der Waals surface area contributed by atoms with E-state index in [1.165, 1.54) is 0 Å². The predicted molar refractivity (Wildman–Crippen MR) is 93.2 cm³/mol. The van der Waals surface area contributed by atoms with Gasteiger partial charge in [0.05, 0.1) is 11.4 Å². The minimum atomic E-state index is -0.853. The number of carbonyl (C=O) groups excluding carboxylic acids is 2. The van der Waals surface area contributed by atoms with Gasteiger partial charge in [0.25, 0.3) is 5.91 Å². The molecular formula is C18H17F2N3O3. The molecule has 0 aliphatic carbocycles. The monoisotopic (exact) mass is 361 g/mol. The van der Waals surface area contributed by atoms with Gasteiger partial charge in [0, 0.05) is 11.8 Å². The van der Waals surface area contributed by atoms with E-state index in [-0.39, 0.29) is 11.6 Å². The van der Waals surface area contributed by atoms with Crippen LogP contribution in [0.5, 0.6) is 5.75 Å². The molecule has 8 heteroatoms. The molecule has 3 N–H and O–H groups in total. The average molecular weight is 361 g/mol. The Morgan fingerprint density at radius 2 is 2.00 bits per heavy atom. The molecule has 0 radical (unpaired) electrons. The summed E-state index contributed by atoms with van der Waals surface area (Å²) in [6.07, 6.45) is -0.573. The first-order valence-electron chi connectivity index (χ1n) is 7.97. The number of ether oxygens (including phenoxy) is 1. The van der Waals surface area contributed by atoms with E-state index in [1.807, 2.05) is 0 Å². The number of carbonyl (C=O) groups is 2. The first kappa shape index (κ1) is 17.7. The molecule has 1 aliphatic heterocycles. The molecule has 6 nitrogen and oxygen atoms in total. The Hall–Kier alpha value is -3.16. The number of hydrogen-bond donors (Lipinski definition) is 3. The Morgan fingerprint density at radius 3 is 2.73 bits per heavy atom. The number of amides is 2. The molecule has 2 aromatic carbocycles. The highest BCUT2D eigenvalue weighted by Crippen LogP contribution is 2.32. The smallest absolute Gasteiger partial charge is 0.265 e. The molecule has 0 saturated carbocycles. The van der Waals surface area contributed by atoms with Crippen LogP contribution in [0, 0.1) is 11.6 Å². The molecule has 2 amide bonds. The van der Waals surface area contributed by atoms with E-state index >= 15 is 0 Å². The second-order valence-electron chi connectivity index (χ2n) is 5.94. The zero-order valence-corrected chi connectivity index (χ0v) is 14.1. The van der Waals surface area contributed by atoms with Gasteiger partial charge >= 0.3 is 0 Å². The van der Waals surface area contributed by atoms with E-state index in [9.17, 15) is 18.4 Å². The highest BCUT2D eigenvalue weighted by molar-refractivity contribution is 5.99. The quantitative estimate of drug-likeness (QED) is 0.782. The number of fused-ring (bicyclic) bond motifs is 1. The van der Waals surface area contributed by atoms with E-state index in [4.69, 9.17) is 4.74 Å². The lowest BCUT2D eigenvalue weighted by Gasteiger charge is -2.24. The van der Waals surface area contributed by atoms with Crippen molar-refractivity contribution in [3.8, 4) is 5.75 Å². The molecule has 0 spiro atoms. The molecule has 2 aromatic rings. The fourth-order valence-electron chi connectivity index (χ4n) is 2.45. The van der Waals surface area contributed by atoms with Crippen molar-refractivity contribution in [3.63, 3.8) is 0 Å². The first-order chi connectivity index (χ1) is 12.3. The summed E-state index contributed by atoms with van der Waals surface area (Å²) in [4.78, 5) is 23.9. The summed E-state index contributed by atoms with van der Waals surface area (Å²) in [7, 11) is 0. The van der Waals surface area contributed by atoms with Gasteiger partial charge in [-0.15, -0.1) is 0 Å². The minimum Gasteiger partial charge on any atom is -0.479 e. The van der Waals surface area contributed by atoms with Gasteiger partial charge in [0.1, 0.15) is 23.4 Å². The average Bonchev–Trinajstić information content (AvgIpc) is 2.58. The van der Waals surface area contributed by atoms with Crippen molar-refractivity contribution < 1.29 is 23.1 Å². The number of nitrogens with one attached hydrogen (secondary N) is 3. The van der Waals surface area contributed by atoms with E-state index in [1.54, 1.807) is 32.0 Å². The van der Waals surface area contributed by atoms with Crippen molar-refractivity contribution in [1.29, 1.82) is 0 Å². The maximum absolute atomic E-state index is 13.6. The van der Waals surface area contributed by atoms with Crippen LogP contribution in [0.2, 0.25) is 0 Å². The summed E-state index contributed by atoms with van der Waals surface area (Å²) in [5.41, 5.74) is 0.963. The summed E-state index contributed by atoms with van der Waals surface area (Å²) >= 11 is 0. The molecule has 0 fully saturated rings. The molecule has 2 atom stereocenters. The van der Waals surface area contributed by atoms with Crippen LogP contribution in [0.1, 0.15) is 13.8 Å². The van der Waals surface area contributed by atoms with Crippen molar-refractivity contribution in [2.75, 3.05) is 16.0 Å². The van der Waals surface area contributed by atoms with Gasteiger partial charge in [0.2, 0.25) is 5.91 Å². The van der Waals surface area contributed by atoms with Gasteiger partial charge in [0.15, 0.2) is 6.10 Å². The summed E-state index contributed by atoms with van der Waals surface area (Å²) in [6, 6.07) is 7.22. The van der Waals surface area contributed by atoms with Gasteiger partial charge in [-0.2, -0.15) is 0 Å². The highest BCUT2D eigenvalue weighted by atomic mass is 19.1. The summed E-state index contributed by atoms with van der Waals surface area (Å²) < 4.78 is 32.0. The second-order valence-corrected chi connectivity index (χ2v) is 5.94.